The van der Waals surface area contributed by atoms with Gasteiger partial charge in [-0.15, -0.1) is 0 Å². The van der Waals surface area contributed by atoms with E-state index in [0.29, 0.717) is 12.8 Å². The standard InChI is InChI=1S/2C5H7O2S.2C5H5.Zr/c2*1-7-5(6)3-2-4-8-5;2*1-2-4-5-3-1;/h2*2,4H,3H2,1H3;2*1-3H,4H2;/q2*-1;;;+2. The first-order valence-electron chi connectivity index (χ1n) is 9.05. The molecule has 0 saturated carbocycles. The van der Waals surface area contributed by atoms with Crippen molar-refractivity contribution < 1.29 is 36.2 Å². The average molecular weight is 484 g/mol. The summed E-state index contributed by atoms with van der Waals surface area (Å²) in [6.45, 7) is 0. The number of methoxy groups -OCH3 is 2. The maximum absolute atomic E-state index is 7.02. The fourth-order valence-electron chi connectivity index (χ4n) is 3.57. The number of allylic oxidation sites excluding steroid dienone is 8. The fourth-order valence-corrected chi connectivity index (χ4v) is 16.0. The molecule has 2 unspecified atom stereocenters. The van der Waals surface area contributed by atoms with Gasteiger partial charge in [-0.1, -0.05) is 0 Å². The molecule has 4 nitrogen and oxygen atoms in total. The molecule has 2 aliphatic heterocycles. The van der Waals surface area contributed by atoms with E-state index in [1.54, 1.807) is 37.7 Å². The zero-order chi connectivity index (χ0) is 18.8. The molecule has 0 aromatic heterocycles. The van der Waals surface area contributed by atoms with Crippen LogP contribution in [-0.2, 0) is 36.2 Å². The van der Waals surface area contributed by atoms with E-state index in [-0.39, 0.29) is 0 Å². The van der Waals surface area contributed by atoms with Crippen LogP contribution in [-0.4, -0.2) is 24.5 Å². The second-order valence-corrected chi connectivity index (χ2v) is 16.1. The molecule has 0 fully saturated rings. The Hall–Kier alpha value is -0.137. The third-order valence-corrected chi connectivity index (χ3v) is 17.0. The summed E-state index contributed by atoms with van der Waals surface area (Å²) in [4.78, 5) is 0. The predicted molar refractivity (Wildman–Crippen MR) is 108 cm³/mol. The van der Waals surface area contributed by atoms with Crippen molar-refractivity contribution in [2.75, 3.05) is 14.2 Å². The molecule has 27 heavy (non-hydrogen) atoms. The minimum absolute atomic E-state index is 0.711. The molecule has 0 radical (unpaired) electrons. The Bertz CT molecular complexity index is 686. The summed E-state index contributed by atoms with van der Waals surface area (Å²) in [5.74, 6) is 0. The molecule has 0 aromatic carbocycles. The van der Waals surface area contributed by atoms with Crippen molar-refractivity contribution in [1.82, 2.24) is 0 Å². The van der Waals surface area contributed by atoms with Gasteiger partial charge in [-0.2, -0.15) is 0 Å². The zero-order valence-corrected chi connectivity index (χ0v) is 19.6. The van der Waals surface area contributed by atoms with Crippen molar-refractivity contribution >= 4 is 23.5 Å². The molecule has 0 N–H and O–H groups in total. The van der Waals surface area contributed by atoms with Gasteiger partial charge >= 0.3 is 176 Å². The third-order valence-electron chi connectivity index (χ3n) is 5.03. The van der Waals surface area contributed by atoms with E-state index in [9.17, 15) is 0 Å². The Morgan fingerprint density at radius 2 is 1.26 bits per heavy atom. The second-order valence-electron chi connectivity index (χ2n) is 6.63. The topological polar surface area (TPSA) is 36.9 Å². The molecule has 0 bridgehead atoms. The van der Waals surface area contributed by atoms with Crippen LogP contribution in [0.15, 0.2) is 66.0 Å². The molecule has 0 aromatic rings. The van der Waals surface area contributed by atoms with Gasteiger partial charge in [0.25, 0.3) is 0 Å². The minimum atomic E-state index is -4.03. The van der Waals surface area contributed by atoms with Crippen LogP contribution < -0.4 is 0 Å². The summed E-state index contributed by atoms with van der Waals surface area (Å²) < 4.78 is 28.4. The van der Waals surface area contributed by atoms with Crippen molar-refractivity contribution in [1.29, 1.82) is 0 Å². The Kier molecular flexibility index (Phi) is 6.20. The van der Waals surface area contributed by atoms with Crippen LogP contribution in [0.5, 0.6) is 0 Å². The third kappa shape index (κ3) is 3.85. The molecule has 144 valence electrons. The van der Waals surface area contributed by atoms with Gasteiger partial charge in [0.1, 0.15) is 0 Å². The zero-order valence-electron chi connectivity index (χ0n) is 15.6. The Morgan fingerprint density at radius 3 is 1.56 bits per heavy atom. The van der Waals surface area contributed by atoms with Gasteiger partial charge < -0.3 is 0 Å². The monoisotopic (exact) mass is 482 g/mol. The normalized spacial score (nSPS) is 31.9. The summed E-state index contributed by atoms with van der Waals surface area (Å²) in [7, 11) is 3.44. The van der Waals surface area contributed by atoms with Crippen LogP contribution in [0.4, 0.5) is 0 Å². The summed E-state index contributed by atoms with van der Waals surface area (Å²) >= 11 is -0.850. The van der Waals surface area contributed by atoms with Crippen LogP contribution in [0.1, 0.15) is 25.7 Å². The van der Waals surface area contributed by atoms with Gasteiger partial charge in [-0.05, 0) is 0 Å². The summed E-state index contributed by atoms with van der Waals surface area (Å²) in [6, 6.07) is 0. The number of rotatable bonds is 8. The molecule has 0 amide bonds. The molecule has 4 rings (SSSR count). The molecule has 4 aliphatic rings. The van der Waals surface area contributed by atoms with Gasteiger partial charge in [0.05, 0.1) is 0 Å². The summed E-state index contributed by atoms with van der Waals surface area (Å²) in [5.41, 5.74) is 0. The molecular formula is C20H24O4S2Zr. The first-order valence-corrected chi connectivity index (χ1v) is 15.3. The number of hydrogen-bond donors (Lipinski definition) is 0. The molecule has 0 spiro atoms. The van der Waals surface area contributed by atoms with Crippen LogP contribution in [0.3, 0.4) is 0 Å². The van der Waals surface area contributed by atoms with Crippen molar-refractivity contribution in [3.8, 4) is 0 Å². The molecule has 2 aliphatic carbocycles. The molecule has 2 atom stereocenters. The van der Waals surface area contributed by atoms with E-state index in [1.165, 1.54) is 6.56 Å². The first-order chi connectivity index (χ1) is 13.2. The quantitative estimate of drug-likeness (QED) is 0.419. The SMILES string of the molecule is COC1([O][Zr]([O]C2(OC)CC=CS2)([C]2=CC=CC2)[C]2=CC=CC2)CC=CS1. The Balaban J connectivity index is 1.76. The van der Waals surface area contributed by atoms with E-state index in [1.807, 2.05) is 0 Å². The molecule has 7 heteroatoms. The van der Waals surface area contributed by atoms with Crippen molar-refractivity contribution in [3.05, 3.63) is 66.0 Å². The van der Waals surface area contributed by atoms with Crippen LogP contribution >= 0.6 is 23.5 Å². The number of hydrogen-bond acceptors (Lipinski definition) is 6. The predicted octanol–water partition coefficient (Wildman–Crippen LogP) is 5.59. The van der Waals surface area contributed by atoms with Crippen LogP contribution in [0, 0.1) is 0 Å². The first kappa shape index (κ1) is 20.1. The van der Waals surface area contributed by atoms with E-state index in [2.05, 4.69) is 59.4 Å². The van der Waals surface area contributed by atoms with E-state index >= 15 is 0 Å². The van der Waals surface area contributed by atoms with Crippen LogP contribution in [0.2, 0.25) is 0 Å². The van der Waals surface area contributed by atoms with Gasteiger partial charge in [0.2, 0.25) is 0 Å². The van der Waals surface area contributed by atoms with Gasteiger partial charge in [0, 0.05) is 0 Å². The van der Waals surface area contributed by atoms with Gasteiger partial charge in [0.15, 0.2) is 0 Å². The van der Waals surface area contributed by atoms with Gasteiger partial charge in [-0.3, -0.25) is 0 Å². The molecule has 2 heterocycles. The fraction of sp³-hybridized carbons (Fsp3) is 0.400. The van der Waals surface area contributed by atoms with E-state index < -0.39 is 31.4 Å². The van der Waals surface area contributed by atoms with Gasteiger partial charge in [-0.25, -0.2) is 0 Å². The average Bonchev–Trinajstić information content (AvgIpc) is 3.50. The maximum atomic E-state index is 7.02. The molecular weight excluding hydrogens is 460 g/mol. The van der Waals surface area contributed by atoms with Crippen LogP contribution in [0.25, 0.3) is 0 Å². The van der Waals surface area contributed by atoms with Crippen molar-refractivity contribution in [3.63, 3.8) is 0 Å². The van der Waals surface area contributed by atoms with E-state index in [4.69, 9.17) is 15.1 Å². The Morgan fingerprint density at radius 1 is 0.778 bits per heavy atom. The van der Waals surface area contributed by atoms with Crippen molar-refractivity contribution in [2.45, 2.75) is 35.9 Å². The van der Waals surface area contributed by atoms with E-state index in [0.717, 1.165) is 12.8 Å². The summed E-state index contributed by atoms with van der Waals surface area (Å²) in [6.07, 6.45) is 20.3. The number of thioether (sulfide) groups is 2. The number of ether oxygens (including phenoxy) is 2. The second kappa shape index (κ2) is 8.31. The van der Waals surface area contributed by atoms with Crippen molar-refractivity contribution in [2.24, 2.45) is 0 Å². The Labute approximate surface area is 175 Å². The summed E-state index contributed by atoms with van der Waals surface area (Å²) in [5, 5.41) is 2.66. The molecule has 0 saturated heterocycles.